The smallest absolute Gasteiger partial charge is 0.298 e. The Hall–Kier alpha value is -1.68. The van der Waals surface area contributed by atoms with Crippen LogP contribution < -0.4 is 22.5 Å². The standard InChI is InChI=1S/2C9H13BrN2O2/c2*1-6-5-12(7(2)3-4-10)9(14)11-8(6)13/h2*5,7H,3-4H2,1-2H3,(H,11,13,14)/t2*7-/m11/s1. The van der Waals surface area contributed by atoms with Gasteiger partial charge in [-0.1, -0.05) is 31.9 Å². The molecule has 2 aromatic rings. The molecule has 0 spiro atoms. The van der Waals surface area contributed by atoms with Gasteiger partial charge in [0, 0.05) is 46.3 Å². The lowest BCUT2D eigenvalue weighted by Gasteiger charge is -2.13. The fourth-order valence-electron chi connectivity index (χ4n) is 2.42. The third-order valence-corrected chi connectivity index (χ3v) is 5.21. The highest BCUT2D eigenvalue weighted by molar-refractivity contribution is 9.09. The van der Waals surface area contributed by atoms with Gasteiger partial charge in [-0.05, 0) is 40.5 Å². The van der Waals surface area contributed by atoms with Crippen LogP contribution >= 0.6 is 31.9 Å². The van der Waals surface area contributed by atoms with E-state index in [0.717, 1.165) is 23.5 Å². The van der Waals surface area contributed by atoms with Crippen LogP contribution in [0, 0.1) is 13.8 Å². The number of aromatic nitrogens is 4. The molecule has 156 valence electrons. The summed E-state index contributed by atoms with van der Waals surface area (Å²) < 4.78 is 3.11. The minimum Gasteiger partial charge on any atom is -0.298 e. The van der Waals surface area contributed by atoms with E-state index in [-0.39, 0.29) is 34.6 Å². The first-order valence-corrected chi connectivity index (χ1v) is 11.1. The Balaban J connectivity index is 0.000000280. The normalized spacial score (nSPS) is 12.8. The number of aromatic amines is 2. The second-order valence-corrected chi connectivity index (χ2v) is 8.20. The van der Waals surface area contributed by atoms with Gasteiger partial charge in [-0.2, -0.15) is 0 Å². The summed E-state index contributed by atoms with van der Waals surface area (Å²) in [7, 11) is 0. The van der Waals surface area contributed by atoms with Crippen molar-refractivity contribution in [3.8, 4) is 0 Å². The Labute approximate surface area is 179 Å². The second kappa shape index (κ2) is 11.4. The van der Waals surface area contributed by atoms with Crippen LogP contribution in [-0.4, -0.2) is 29.8 Å². The first kappa shape index (κ1) is 24.4. The molecule has 10 heteroatoms. The van der Waals surface area contributed by atoms with Gasteiger partial charge in [0.05, 0.1) is 0 Å². The van der Waals surface area contributed by atoms with Gasteiger partial charge < -0.3 is 0 Å². The number of alkyl halides is 2. The molecule has 2 atom stereocenters. The monoisotopic (exact) mass is 520 g/mol. The molecule has 0 saturated carbocycles. The summed E-state index contributed by atoms with van der Waals surface area (Å²) in [6.07, 6.45) is 4.92. The molecular weight excluding hydrogens is 496 g/mol. The number of nitrogens with one attached hydrogen (secondary N) is 2. The van der Waals surface area contributed by atoms with E-state index in [0.29, 0.717) is 11.1 Å². The summed E-state index contributed by atoms with van der Waals surface area (Å²) in [6.45, 7) is 7.27. The second-order valence-electron chi connectivity index (χ2n) is 6.61. The topological polar surface area (TPSA) is 110 Å². The summed E-state index contributed by atoms with van der Waals surface area (Å²) in [4.78, 5) is 49.6. The molecule has 0 aromatic carbocycles. The van der Waals surface area contributed by atoms with Crippen LogP contribution in [0.5, 0.6) is 0 Å². The lowest BCUT2D eigenvalue weighted by molar-refractivity contribution is 0.504. The van der Waals surface area contributed by atoms with Crippen LogP contribution in [0.4, 0.5) is 0 Å². The Bertz CT molecular complexity index is 925. The van der Waals surface area contributed by atoms with Crippen molar-refractivity contribution in [1.82, 2.24) is 19.1 Å². The number of H-pyrrole nitrogens is 2. The van der Waals surface area contributed by atoms with Crippen LogP contribution in [0.2, 0.25) is 0 Å². The summed E-state index contributed by atoms with van der Waals surface area (Å²) in [5.74, 6) is 0. The van der Waals surface area contributed by atoms with E-state index in [4.69, 9.17) is 0 Å². The maximum Gasteiger partial charge on any atom is 0.328 e. The number of halogens is 2. The lowest BCUT2D eigenvalue weighted by atomic mass is 10.2. The van der Waals surface area contributed by atoms with Crippen LogP contribution in [0.25, 0.3) is 0 Å². The number of aryl methyl sites for hydroxylation is 2. The molecule has 2 aromatic heterocycles. The van der Waals surface area contributed by atoms with Gasteiger partial charge >= 0.3 is 11.4 Å². The predicted octanol–water partition coefficient (Wildman–Crippen LogP) is 2.38. The first-order chi connectivity index (χ1) is 13.1. The van der Waals surface area contributed by atoms with E-state index in [9.17, 15) is 19.2 Å². The fourth-order valence-corrected chi connectivity index (χ4v) is 3.75. The van der Waals surface area contributed by atoms with Gasteiger partial charge in [-0.15, -0.1) is 0 Å². The molecular formula is C18H26Br2N4O4. The van der Waals surface area contributed by atoms with E-state index >= 15 is 0 Å². The molecule has 0 unspecified atom stereocenters. The van der Waals surface area contributed by atoms with Crippen LogP contribution in [0.3, 0.4) is 0 Å². The zero-order chi connectivity index (χ0) is 21.4. The van der Waals surface area contributed by atoms with Gasteiger partial charge in [-0.3, -0.25) is 28.7 Å². The van der Waals surface area contributed by atoms with E-state index < -0.39 is 0 Å². The predicted molar refractivity (Wildman–Crippen MR) is 118 cm³/mol. The van der Waals surface area contributed by atoms with E-state index in [1.165, 1.54) is 0 Å². The Kier molecular flexibility index (Phi) is 9.88. The van der Waals surface area contributed by atoms with Crippen LogP contribution in [0.15, 0.2) is 31.6 Å². The average molecular weight is 522 g/mol. The van der Waals surface area contributed by atoms with Gasteiger partial charge in [0.1, 0.15) is 0 Å². The molecule has 28 heavy (non-hydrogen) atoms. The SMILES string of the molecule is Cc1cn([C@H](C)CCBr)c(=O)[nH]c1=O.Cc1cn([C@H](C)CCBr)c(=O)[nH]c1=O. The van der Waals surface area contributed by atoms with Crippen molar-refractivity contribution in [3.63, 3.8) is 0 Å². The molecule has 2 rings (SSSR count). The first-order valence-electron chi connectivity index (χ1n) is 8.88. The number of hydrogen-bond acceptors (Lipinski definition) is 4. The van der Waals surface area contributed by atoms with Gasteiger partial charge in [0.15, 0.2) is 0 Å². The zero-order valence-corrected chi connectivity index (χ0v) is 19.6. The summed E-state index contributed by atoms with van der Waals surface area (Å²) in [5.41, 5.74) is -0.172. The van der Waals surface area contributed by atoms with E-state index in [2.05, 4.69) is 41.8 Å². The van der Waals surface area contributed by atoms with Crippen molar-refractivity contribution >= 4 is 31.9 Å². The molecule has 0 aliphatic rings. The van der Waals surface area contributed by atoms with Crippen molar-refractivity contribution in [2.75, 3.05) is 10.7 Å². The Morgan fingerprint density at radius 1 is 0.786 bits per heavy atom. The molecule has 8 nitrogen and oxygen atoms in total. The molecule has 0 aliphatic carbocycles. The Morgan fingerprint density at radius 3 is 1.39 bits per heavy atom. The number of rotatable bonds is 6. The molecule has 0 aliphatic heterocycles. The maximum absolute atomic E-state index is 11.4. The van der Waals surface area contributed by atoms with Crippen molar-refractivity contribution in [3.05, 3.63) is 65.2 Å². The largest absolute Gasteiger partial charge is 0.328 e. The highest BCUT2D eigenvalue weighted by Crippen LogP contribution is 2.09. The van der Waals surface area contributed by atoms with Crippen molar-refractivity contribution in [1.29, 1.82) is 0 Å². The summed E-state index contributed by atoms with van der Waals surface area (Å²) in [6, 6.07) is 0.190. The Morgan fingerprint density at radius 2 is 1.11 bits per heavy atom. The van der Waals surface area contributed by atoms with Gasteiger partial charge in [0.2, 0.25) is 0 Å². The maximum atomic E-state index is 11.4. The van der Waals surface area contributed by atoms with Gasteiger partial charge in [-0.25, -0.2) is 9.59 Å². The third kappa shape index (κ3) is 6.73. The number of hydrogen-bond donors (Lipinski definition) is 2. The quantitative estimate of drug-likeness (QED) is 0.568. The minimum absolute atomic E-state index is 0.0948. The summed E-state index contributed by atoms with van der Waals surface area (Å²) >= 11 is 6.64. The minimum atomic E-state index is -0.339. The van der Waals surface area contributed by atoms with E-state index in [1.807, 2.05) is 13.8 Å². The highest BCUT2D eigenvalue weighted by Gasteiger charge is 2.08. The molecule has 2 heterocycles. The van der Waals surface area contributed by atoms with Gasteiger partial charge in [0.25, 0.3) is 11.1 Å². The molecule has 0 fully saturated rings. The molecule has 2 N–H and O–H groups in total. The molecule has 0 saturated heterocycles. The van der Waals surface area contributed by atoms with Crippen molar-refractivity contribution < 1.29 is 0 Å². The zero-order valence-electron chi connectivity index (χ0n) is 16.4. The molecule has 0 bridgehead atoms. The average Bonchev–Trinajstić information content (AvgIpc) is 2.62. The molecule has 0 radical (unpaired) electrons. The lowest BCUT2D eigenvalue weighted by Crippen LogP contribution is -2.32. The molecule has 0 amide bonds. The van der Waals surface area contributed by atoms with Crippen LogP contribution in [-0.2, 0) is 0 Å². The van der Waals surface area contributed by atoms with Crippen molar-refractivity contribution in [2.24, 2.45) is 0 Å². The third-order valence-electron chi connectivity index (χ3n) is 4.30. The fraction of sp³-hybridized carbons (Fsp3) is 0.556. The van der Waals surface area contributed by atoms with E-state index in [1.54, 1.807) is 35.4 Å². The number of nitrogens with zero attached hydrogens (tertiary/aromatic N) is 2. The van der Waals surface area contributed by atoms with Crippen molar-refractivity contribution in [2.45, 2.75) is 52.6 Å². The highest BCUT2D eigenvalue weighted by atomic mass is 79.9. The summed E-state index contributed by atoms with van der Waals surface area (Å²) in [5, 5.41) is 1.66. The van der Waals surface area contributed by atoms with Crippen LogP contribution in [0.1, 0.15) is 49.9 Å².